The Morgan fingerprint density at radius 3 is 2.19 bits per heavy atom. The maximum atomic E-state index is 11.2. The van der Waals surface area contributed by atoms with Crippen LogP contribution in [-0.2, 0) is 9.59 Å². The van der Waals surface area contributed by atoms with Crippen LogP contribution in [0.15, 0.2) is 18.2 Å². The smallest absolute Gasteiger partial charge is 0.263 e. The van der Waals surface area contributed by atoms with Crippen molar-refractivity contribution in [2.45, 2.75) is 6.10 Å². The summed E-state index contributed by atoms with van der Waals surface area (Å²) in [6.45, 7) is 0. The largest absolute Gasteiger partial charge is 0.375 e. The van der Waals surface area contributed by atoms with Gasteiger partial charge in [-0.05, 0) is 18.2 Å². The lowest BCUT2D eigenvalue weighted by atomic mass is 10.2. The zero-order valence-electron chi connectivity index (χ0n) is 7.91. The van der Waals surface area contributed by atoms with Crippen LogP contribution in [-0.4, -0.2) is 23.0 Å². The highest BCUT2D eigenvalue weighted by Crippen LogP contribution is 2.22. The summed E-state index contributed by atoms with van der Waals surface area (Å²) in [5.41, 5.74) is 5.01. The number of anilines is 1. The third-order valence-electron chi connectivity index (χ3n) is 1.65. The standard InChI is InChI=1S/C9H8Cl2N2O3/c10-4-1-5(11)3-6(2-4)13-9(16)7(14)8(12)15/h1-3,7,14H,(H2,12,15)(H,13,16). The number of rotatable bonds is 3. The fourth-order valence-electron chi connectivity index (χ4n) is 0.966. The Balaban J connectivity index is 2.81. The number of benzene rings is 1. The summed E-state index contributed by atoms with van der Waals surface area (Å²) < 4.78 is 0. The van der Waals surface area contributed by atoms with Crippen molar-refractivity contribution in [3.05, 3.63) is 28.2 Å². The predicted molar refractivity (Wildman–Crippen MR) is 60.3 cm³/mol. The minimum atomic E-state index is -1.90. The summed E-state index contributed by atoms with van der Waals surface area (Å²) in [6, 6.07) is 4.31. The first-order valence-electron chi connectivity index (χ1n) is 4.14. The van der Waals surface area contributed by atoms with Crippen LogP contribution in [0.3, 0.4) is 0 Å². The molecule has 5 nitrogen and oxygen atoms in total. The van der Waals surface area contributed by atoms with Crippen LogP contribution in [0.4, 0.5) is 5.69 Å². The van der Waals surface area contributed by atoms with Crippen LogP contribution in [0.25, 0.3) is 0 Å². The van der Waals surface area contributed by atoms with Crippen molar-refractivity contribution >= 4 is 40.7 Å². The molecule has 0 saturated carbocycles. The van der Waals surface area contributed by atoms with Gasteiger partial charge in [-0.15, -0.1) is 0 Å². The van der Waals surface area contributed by atoms with Crippen molar-refractivity contribution in [1.82, 2.24) is 0 Å². The van der Waals surface area contributed by atoms with E-state index in [0.717, 1.165) is 0 Å². The fraction of sp³-hybridized carbons (Fsp3) is 0.111. The van der Waals surface area contributed by atoms with E-state index in [1.165, 1.54) is 18.2 Å². The molecule has 0 aliphatic heterocycles. The number of aliphatic hydroxyl groups is 1. The maximum Gasteiger partial charge on any atom is 0.263 e. The molecule has 1 rings (SSSR count). The van der Waals surface area contributed by atoms with Crippen LogP contribution in [0.2, 0.25) is 10.0 Å². The van der Waals surface area contributed by atoms with Gasteiger partial charge in [-0.3, -0.25) is 9.59 Å². The van der Waals surface area contributed by atoms with Gasteiger partial charge in [-0.25, -0.2) is 0 Å². The van der Waals surface area contributed by atoms with E-state index >= 15 is 0 Å². The van der Waals surface area contributed by atoms with Gasteiger partial charge in [0.15, 0.2) is 0 Å². The zero-order valence-corrected chi connectivity index (χ0v) is 9.42. The molecule has 0 spiro atoms. The second-order valence-electron chi connectivity index (χ2n) is 2.95. The third kappa shape index (κ3) is 3.37. The monoisotopic (exact) mass is 262 g/mol. The number of carbonyl (C=O) groups excluding carboxylic acids is 2. The summed E-state index contributed by atoms with van der Waals surface area (Å²) in [5, 5.41) is 11.9. The summed E-state index contributed by atoms with van der Waals surface area (Å²) in [4.78, 5) is 21.8. The van der Waals surface area contributed by atoms with Crippen LogP contribution in [0, 0.1) is 0 Å². The Bertz CT molecular complexity index is 417. The Kier molecular flexibility index (Phi) is 4.12. The molecule has 0 radical (unpaired) electrons. The molecule has 1 unspecified atom stereocenters. The Morgan fingerprint density at radius 2 is 1.75 bits per heavy atom. The SMILES string of the molecule is NC(=O)C(O)C(=O)Nc1cc(Cl)cc(Cl)c1. The Morgan fingerprint density at radius 1 is 1.25 bits per heavy atom. The molecule has 0 heterocycles. The van der Waals surface area contributed by atoms with Crippen LogP contribution in [0.1, 0.15) is 0 Å². The molecule has 1 aromatic carbocycles. The normalized spacial score (nSPS) is 11.9. The van der Waals surface area contributed by atoms with Crippen molar-refractivity contribution in [2.24, 2.45) is 5.73 Å². The fourth-order valence-corrected chi connectivity index (χ4v) is 1.49. The average Bonchev–Trinajstić information content (AvgIpc) is 2.14. The van der Waals surface area contributed by atoms with Crippen LogP contribution < -0.4 is 11.1 Å². The van der Waals surface area contributed by atoms with E-state index in [0.29, 0.717) is 10.0 Å². The van der Waals surface area contributed by atoms with Crippen LogP contribution in [0.5, 0.6) is 0 Å². The first-order valence-corrected chi connectivity index (χ1v) is 4.90. The number of primary amides is 1. The average molecular weight is 263 g/mol. The van der Waals surface area contributed by atoms with Gasteiger partial charge in [0.05, 0.1) is 0 Å². The molecule has 0 aliphatic carbocycles. The second-order valence-corrected chi connectivity index (χ2v) is 3.83. The Labute approximate surface area is 101 Å². The van der Waals surface area contributed by atoms with E-state index in [-0.39, 0.29) is 5.69 Å². The highest BCUT2D eigenvalue weighted by atomic mass is 35.5. The molecule has 0 fully saturated rings. The molecule has 7 heteroatoms. The van der Waals surface area contributed by atoms with E-state index in [9.17, 15) is 9.59 Å². The van der Waals surface area contributed by atoms with Crippen molar-refractivity contribution in [2.75, 3.05) is 5.32 Å². The minimum Gasteiger partial charge on any atom is -0.375 e. The first-order chi connectivity index (χ1) is 7.40. The highest BCUT2D eigenvalue weighted by molar-refractivity contribution is 6.35. The summed E-state index contributed by atoms with van der Waals surface area (Å²) in [6.07, 6.45) is -1.90. The van der Waals surface area contributed by atoms with Crippen molar-refractivity contribution < 1.29 is 14.7 Å². The van der Waals surface area contributed by atoms with Gasteiger partial charge < -0.3 is 16.2 Å². The zero-order chi connectivity index (χ0) is 12.3. The summed E-state index contributed by atoms with van der Waals surface area (Å²) in [7, 11) is 0. The van der Waals surface area contributed by atoms with E-state index in [4.69, 9.17) is 34.0 Å². The van der Waals surface area contributed by atoms with Gasteiger partial charge in [0, 0.05) is 15.7 Å². The van der Waals surface area contributed by atoms with Crippen molar-refractivity contribution in [3.8, 4) is 0 Å². The number of hydrogen-bond acceptors (Lipinski definition) is 3. The molecule has 0 bridgehead atoms. The molecule has 0 aliphatic rings. The van der Waals surface area contributed by atoms with Gasteiger partial charge in [0.2, 0.25) is 6.10 Å². The first kappa shape index (κ1) is 12.8. The number of nitrogens with one attached hydrogen (secondary N) is 1. The summed E-state index contributed by atoms with van der Waals surface area (Å²) >= 11 is 11.4. The number of amides is 2. The van der Waals surface area contributed by atoms with Gasteiger partial charge in [0.25, 0.3) is 11.8 Å². The van der Waals surface area contributed by atoms with Gasteiger partial charge >= 0.3 is 0 Å². The number of halogens is 2. The van der Waals surface area contributed by atoms with Gasteiger partial charge in [-0.2, -0.15) is 0 Å². The number of aliphatic hydroxyl groups excluding tert-OH is 1. The number of hydrogen-bond donors (Lipinski definition) is 3. The van der Waals surface area contributed by atoms with E-state index in [1.807, 2.05) is 0 Å². The molecule has 0 aromatic heterocycles. The lowest BCUT2D eigenvalue weighted by Crippen LogP contribution is -2.39. The van der Waals surface area contributed by atoms with Crippen molar-refractivity contribution in [1.29, 1.82) is 0 Å². The molecule has 4 N–H and O–H groups in total. The molecule has 2 amide bonds. The van der Waals surface area contributed by atoms with E-state index in [2.05, 4.69) is 5.32 Å². The third-order valence-corrected chi connectivity index (χ3v) is 2.08. The molecule has 86 valence electrons. The summed E-state index contributed by atoms with van der Waals surface area (Å²) in [5.74, 6) is -2.07. The molecule has 1 aromatic rings. The number of carbonyl (C=O) groups is 2. The van der Waals surface area contributed by atoms with E-state index in [1.54, 1.807) is 0 Å². The maximum absolute atomic E-state index is 11.2. The lowest BCUT2D eigenvalue weighted by Gasteiger charge is -2.08. The highest BCUT2D eigenvalue weighted by Gasteiger charge is 2.20. The topological polar surface area (TPSA) is 92.4 Å². The Hall–Kier alpha value is -1.30. The van der Waals surface area contributed by atoms with Gasteiger partial charge in [-0.1, -0.05) is 23.2 Å². The molecule has 1 atom stereocenters. The minimum absolute atomic E-state index is 0.266. The molecule has 0 saturated heterocycles. The van der Waals surface area contributed by atoms with E-state index < -0.39 is 17.9 Å². The number of nitrogens with two attached hydrogens (primary N) is 1. The molecular weight excluding hydrogens is 255 g/mol. The molecule has 16 heavy (non-hydrogen) atoms. The van der Waals surface area contributed by atoms with Crippen LogP contribution >= 0.6 is 23.2 Å². The van der Waals surface area contributed by atoms with Gasteiger partial charge in [0.1, 0.15) is 0 Å². The quantitative estimate of drug-likeness (QED) is 0.703. The van der Waals surface area contributed by atoms with Crippen molar-refractivity contribution in [3.63, 3.8) is 0 Å². The predicted octanol–water partition coefficient (Wildman–Crippen LogP) is 0.778. The lowest BCUT2D eigenvalue weighted by molar-refractivity contribution is -0.136. The molecular formula is C9H8Cl2N2O3. The second kappa shape index (κ2) is 5.16.